The van der Waals surface area contributed by atoms with Gasteiger partial charge in [0.05, 0.1) is 17.7 Å². The molecule has 1 fully saturated rings. The molecule has 1 aliphatic heterocycles. The van der Waals surface area contributed by atoms with E-state index in [0.29, 0.717) is 18.2 Å². The van der Waals surface area contributed by atoms with Crippen LogP contribution >= 0.6 is 11.3 Å². The first-order chi connectivity index (χ1) is 13.3. The second kappa shape index (κ2) is 8.13. The Morgan fingerprint density at radius 3 is 2.46 bits per heavy atom. The van der Waals surface area contributed by atoms with Gasteiger partial charge in [-0.25, -0.2) is 4.79 Å². The highest BCUT2D eigenvalue weighted by Crippen LogP contribution is 2.32. The molecule has 0 radical (unpaired) electrons. The highest BCUT2D eigenvalue weighted by molar-refractivity contribution is 7.17. The molecule has 0 N–H and O–H groups in total. The van der Waals surface area contributed by atoms with Crippen molar-refractivity contribution in [1.29, 1.82) is 0 Å². The summed E-state index contributed by atoms with van der Waals surface area (Å²) in [6.07, 6.45) is -4.59. The fraction of sp³-hybridized carbons (Fsp3) is 0.412. The summed E-state index contributed by atoms with van der Waals surface area (Å²) in [5.74, 6) is -1.21. The van der Waals surface area contributed by atoms with Crippen LogP contribution < -0.4 is 4.90 Å². The maximum absolute atomic E-state index is 13.2. The molecule has 1 aliphatic rings. The average Bonchev–Trinajstić information content (AvgIpc) is 3.17. The summed E-state index contributed by atoms with van der Waals surface area (Å²) >= 11 is 1.08. The van der Waals surface area contributed by atoms with Gasteiger partial charge in [0.15, 0.2) is 0 Å². The lowest BCUT2D eigenvalue weighted by Crippen LogP contribution is -2.49. The molecule has 0 spiro atoms. The summed E-state index contributed by atoms with van der Waals surface area (Å²) in [7, 11) is 0. The van der Waals surface area contributed by atoms with Gasteiger partial charge in [-0.3, -0.25) is 4.79 Å². The number of anilines is 1. The summed E-state index contributed by atoms with van der Waals surface area (Å²) in [6.45, 7) is 3.13. The van der Waals surface area contributed by atoms with Crippen LogP contribution in [-0.4, -0.2) is 59.8 Å². The first kappa shape index (κ1) is 20.1. The van der Waals surface area contributed by atoms with Crippen LogP contribution in [0.3, 0.4) is 0 Å². The third kappa shape index (κ3) is 4.24. The van der Waals surface area contributed by atoms with E-state index in [1.165, 1.54) is 23.1 Å². The number of carbonyl (C=O) groups is 2. The van der Waals surface area contributed by atoms with Crippen molar-refractivity contribution in [1.82, 2.24) is 15.1 Å². The Morgan fingerprint density at radius 1 is 1.14 bits per heavy atom. The van der Waals surface area contributed by atoms with Crippen molar-refractivity contribution < 1.29 is 27.5 Å². The molecule has 2 heterocycles. The second-order valence-electron chi connectivity index (χ2n) is 5.93. The Bertz CT molecular complexity index is 863. The molecule has 1 saturated heterocycles. The number of halogens is 3. The first-order valence-electron chi connectivity index (χ1n) is 8.52. The van der Waals surface area contributed by atoms with Crippen LogP contribution in [0, 0.1) is 0 Å². The van der Waals surface area contributed by atoms with Gasteiger partial charge in [-0.1, -0.05) is 23.5 Å². The molecule has 1 aromatic heterocycles. The van der Waals surface area contributed by atoms with Gasteiger partial charge in [-0.2, -0.15) is 13.2 Å². The molecule has 1 amide bonds. The number of rotatable bonds is 4. The van der Waals surface area contributed by atoms with Crippen LogP contribution in [0.4, 0.5) is 18.3 Å². The Morgan fingerprint density at radius 2 is 1.82 bits per heavy atom. The number of carbonyl (C=O) groups excluding carboxylic acids is 2. The van der Waals surface area contributed by atoms with E-state index in [2.05, 4.69) is 10.2 Å². The lowest BCUT2D eigenvalue weighted by atomic mass is 10.1. The monoisotopic (exact) mass is 414 g/mol. The predicted octanol–water partition coefficient (Wildman–Crippen LogP) is 2.70. The number of aromatic nitrogens is 2. The lowest BCUT2D eigenvalue weighted by Gasteiger charge is -2.34. The van der Waals surface area contributed by atoms with Crippen molar-refractivity contribution in [2.75, 3.05) is 37.7 Å². The molecule has 0 bridgehead atoms. The minimum atomic E-state index is -4.59. The van der Waals surface area contributed by atoms with Crippen LogP contribution in [0.25, 0.3) is 0 Å². The number of nitrogens with zero attached hydrogens (tertiary/aromatic N) is 4. The van der Waals surface area contributed by atoms with Gasteiger partial charge in [0.25, 0.3) is 5.91 Å². The molecule has 0 unspecified atom stereocenters. The van der Waals surface area contributed by atoms with Crippen LogP contribution in [0.15, 0.2) is 24.3 Å². The van der Waals surface area contributed by atoms with E-state index in [-0.39, 0.29) is 30.3 Å². The topological polar surface area (TPSA) is 75.6 Å². The number of hydrogen-bond acceptors (Lipinski definition) is 7. The maximum atomic E-state index is 13.2. The van der Waals surface area contributed by atoms with Crippen LogP contribution in [0.1, 0.15) is 32.6 Å². The highest BCUT2D eigenvalue weighted by Gasteiger charge is 2.36. The Hall–Kier alpha value is -2.69. The molecule has 0 aliphatic carbocycles. The molecule has 3 rings (SSSR count). The van der Waals surface area contributed by atoms with Gasteiger partial charge in [0.1, 0.15) is 0 Å². The number of benzene rings is 1. The zero-order valence-corrected chi connectivity index (χ0v) is 15.7. The molecule has 0 atom stereocenters. The first-order valence-corrected chi connectivity index (χ1v) is 9.34. The van der Waals surface area contributed by atoms with Gasteiger partial charge < -0.3 is 14.5 Å². The van der Waals surface area contributed by atoms with Crippen molar-refractivity contribution >= 4 is 28.3 Å². The number of amides is 1. The molecule has 2 aromatic rings. The van der Waals surface area contributed by atoms with E-state index in [1.807, 2.05) is 4.90 Å². The fourth-order valence-electron chi connectivity index (χ4n) is 2.81. The van der Waals surface area contributed by atoms with Gasteiger partial charge in [0, 0.05) is 26.2 Å². The summed E-state index contributed by atoms with van der Waals surface area (Å²) in [4.78, 5) is 27.5. The maximum Gasteiger partial charge on any atom is 0.417 e. The Labute approximate surface area is 162 Å². The summed E-state index contributed by atoms with van der Waals surface area (Å²) in [6, 6.07) is 4.76. The number of ether oxygens (including phenoxy) is 1. The minimum absolute atomic E-state index is 0.134. The van der Waals surface area contributed by atoms with Crippen LogP contribution in [0.2, 0.25) is 0 Å². The number of hydrogen-bond donors (Lipinski definition) is 0. The van der Waals surface area contributed by atoms with E-state index in [9.17, 15) is 22.8 Å². The van der Waals surface area contributed by atoms with Gasteiger partial charge in [0.2, 0.25) is 10.1 Å². The van der Waals surface area contributed by atoms with Crippen molar-refractivity contribution in [3.8, 4) is 0 Å². The van der Waals surface area contributed by atoms with Crippen molar-refractivity contribution in [2.45, 2.75) is 13.1 Å². The standard InChI is InChI=1S/C17H17F3N4O3S/c1-2-27-15(26)13-21-22-16(28-13)24-9-7-23(8-10-24)14(25)11-5-3-4-6-12(11)17(18,19)20/h3-6H,2,7-10H2,1H3. The second-order valence-corrected chi connectivity index (χ2v) is 6.89. The zero-order valence-electron chi connectivity index (χ0n) is 14.9. The van der Waals surface area contributed by atoms with E-state index < -0.39 is 23.6 Å². The molecule has 11 heteroatoms. The zero-order chi connectivity index (χ0) is 20.3. The Kier molecular flexibility index (Phi) is 5.82. The van der Waals surface area contributed by atoms with E-state index in [4.69, 9.17) is 4.74 Å². The van der Waals surface area contributed by atoms with Crippen molar-refractivity contribution in [3.63, 3.8) is 0 Å². The fourth-order valence-corrected chi connectivity index (χ4v) is 3.60. The normalized spacial score (nSPS) is 14.9. The highest BCUT2D eigenvalue weighted by atomic mass is 32.1. The third-order valence-electron chi connectivity index (χ3n) is 4.16. The van der Waals surface area contributed by atoms with E-state index in [1.54, 1.807) is 6.92 Å². The number of piperazine rings is 1. The van der Waals surface area contributed by atoms with Gasteiger partial charge in [-0.05, 0) is 19.1 Å². The molecular formula is C17H17F3N4O3S. The van der Waals surface area contributed by atoms with E-state index >= 15 is 0 Å². The SMILES string of the molecule is CCOC(=O)c1nnc(N2CCN(C(=O)c3ccccc3C(F)(F)F)CC2)s1. The quantitative estimate of drug-likeness (QED) is 0.716. The molecular weight excluding hydrogens is 397 g/mol. The summed E-state index contributed by atoms with van der Waals surface area (Å²) in [5.41, 5.74) is -1.30. The average molecular weight is 414 g/mol. The lowest BCUT2D eigenvalue weighted by molar-refractivity contribution is -0.138. The smallest absolute Gasteiger partial charge is 0.417 e. The van der Waals surface area contributed by atoms with Crippen molar-refractivity contribution in [2.24, 2.45) is 0 Å². The summed E-state index contributed by atoms with van der Waals surface area (Å²) in [5, 5.41) is 8.40. The molecule has 150 valence electrons. The Balaban J connectivity index is 1.66. The molecule has 1 aromatic carbocycles. The third-order valence-corrected chi connectivity index (χ3v) is 5.13. The molecule has 28 heavy (non-hydrogen) atoms. The van der Waals surface area contributed by atoms with Gasteiger partial charge >= 0.3 is 12.1 Å². The molecule has 7 nitrogen and oxygen atoms in total. The largest absolute Gasteiger partial charge is 0.461 e. The molecule has 0 saturated carbocycles. The summed E-state index contributed by atoms with van der Waals surface area (Å²) < 4.78 is 44.3. The van der Waals surface area contributed by atoms with Gasteiger partial charge in [-0.15, -0.1) is 10.2 Å². The number of esters is 1. The van der Waals surface area contributed by atoms with Crippen LogP contribution in [-0.2, 0) is 10.9 Å². The minimum Gasteiger partial charge on any atom is -0.461 e. The predicted molar refractivity (Wildman–Crippen MR) is 95.4 cm³/mol. The van der Waals surface area contributed by atoms with Crippen molar-refractivity contribution in [3.05, 3.63) is 40.4 Å². The van der Waals surface area contributed by atoms with E-state index in [0.717, 1.165) is 17.4 Å². The number of alkyl halides is 3. The van der Waals surface area contributed by atoms with Crippen LogP contribution in [0.5, 0.6) is 0 Å².